The second kappa shape index (κ2) is 5.11. The highest BCUT2D eigenvalue weighted by Crippen LogP contribution is 2.09. The van der Waals surface area contributed by atoms with E-state index in [9.17, 15) is 9.59 Å². The Balaban J connectivity index is 2.59. The van der Waals surface area contributed by atoms with Crippen LogP contribution in [0.25, 0.3) is 0 Å². The van der Waals surface area contributed by atoms with Gasteiger partial charge in [0.25, 0.3) is 0 Å². The molecule has 0 aliphatic heterocycles. The first-order valence-electron chi connectivity index (χ1n) is 4.72. The molecule has 1 rings (SSSR count). The number of nitrogens with one attached hydrogen (secondary N) is 2. The van der Waals surface area contributed by atoms with E-state index in [2.05, 4.69) is 15.6 Å². The van der Waals surface area contributed by atoms with Crippen molar-refractivity contribution in [2.45, 2.75) is 19.9 Å². The van der Waals surface area contributed by atoms with Crippen molar-refractivity contribution in [3.05, 3.63) is 24.0 Å². The van der Waals surface area contributed by atoms with Gasteiger partial charge < -0.3 is 15.7 Å². The molecule has 1 heterocycles. The van der Waals surface area contributed by atoms with E-state index in [-0.39, 0.29) is 0 Å². The number of aromatic nitrogens is 1. The second-order valence-corrected chi connectivity index (χ2v) is 3.29. The minimum Gasteiger partial charge on any atom is -0.480 e. The number of aryl methyl sites for hydroxylation is 1. The van der Waals surface area contributed by atoms with E-state index in [1.807, 2.05) is 0 Å². The van der Waals surface area contributed by atoms with Gasteiger partial charge in [-0.1, -0.05) is 0 Å². The number of carboxylic acids is 1. The smallest absolute Gasteiger partial charge is 0.325 e. The van der Waals surface area contributed by atoms with E-state index in [0.29, 0.717) is 11.4 Å². The molecule has 2 amide bonds. The van der Waals surface area contributed by atoms with Crippen LogP contribution in [0, 0.1) is 6.92 Å². The van der Waals surface area contributed by atoms with Crippen molar-refractivity contribution in [1.82, 2.24) is 10.3 Å². The van der Waals surface area contributed by atoms with E-state index in [4.69, 9.17) is 5.11 Å². The SMILES string of the molecule is Cc1ncccc1NC(=O)N[C@H](C)C(=O)O. The molecule has 0 saturated carbocycles. The summed E-state index contributed by atoms with van der Waals surface area (Å²) >= 11 is 0. The van der Waals surface area contributed by atoms with Gasteiger partial charge in [-0.05, 0) is 26.0 Å². The quantitative estimate of drug-likeness (QED) is 0.712. The molecule has 0 spiro atoms. The first-order chi connectivity index (χ1) is 7.50. The predicted octanol–water partition coefficient (Wildman–Crippen LogP) is 0.985. The van der Waals surface area contributed by atoms with E-state index in [1.54, 1.807) is 25.3 Å². The number of urea groups is 1. The third kappa shape index (κ3) is 3.23. The van der Waals surface area contributed by atoms with Crippen LogP contribution in [0.3, 0.4) is 0 Å². The van der Waals surface area contributed by atoms with E-state index >= 15 is 0 Å². The molecule has 0 unspecified atom stereocenters. The fourth-order valence-electron chi connectivity index (χ4n) is 1.03. The molecular formula is C10H13N3O3. The van der Waals surface area contributed by atoms with Crippen LogP contribution in [0.2, 0.25) is 0 Å². The minimum absolute atomic E-state index is 0.553. The Labute approximate surface area is 92.7 Å². The lowest BCUT2D eigenvalue weighted by molar-refractivity contribution is -0.138. The molecule has 0 aliphatic carbocycles. The Hall–Kier alpha value is -2.11. The molecule has 0 radical (unpaired) electrons. The summed E-state index contributed by atoms with van der Waals surface area (Å²) in [4.78, 5) is 25.9. The van der Waals surface area contributed by atoms with E-state index in [0.717, 1.165) is 0 Å². The number of pyridine rings is 1. The van der Waals surface area contributed by atoms with Crippen molar-refractivity contribution >= 4 is 17.7 Å². The number of amides is 2. The molecule has 6 heteroatoms. The van der Waals surface area contributed by atoms with Gasteiger partial charge in [-0.25, -0.2) is 4.79 Å². The van der Waals surface area contributed by atoms with E-state index in [1.165, 1.54) is 6.92 Å². The number of carbonyl (C=O) groups is 2. The molecule has 0 aliphatic rings. The first kappa shape index (κ1) is 12.0. The van der Waals surface area contributed by atoms with Crippen molar-refractivity contribution in [3.63, 3.8) is 0 Å². The molecule has 6 nitrogen and oxygen atoms in total. The topological polar surface area (TPSA) is 91.3 Å². The molecule has 0 bridgehead atoms. The molecule has 16 heavy (non-hydrogen) atoms. The van der Waals surface area contributed by atoms with Crippen LogP contribution in [0.15, 0.2) is 18.3 Å². The van der Waals surface area contributed by atoms with Crippen molar-refractivity contribution in [2.24, 2.45) is 0 Å². The molecule has 1 atom stereocenters. The highest BCUT2D eigenvalue weighted by atomic mass is 16.4. The summed E-state index contributed by atoms with van der Waals surface area (Å²) in [7, 11) is 0. The van der Waals surface area contributed by atoms with Crippen molar-refractivity contribution in [1.29, 1.82) is 0 Å². The number of carbonyl (C=O) groups excluding carboxylic acids is 1. The summed E-state index contributed by atoms with van der Waals surface area (Å²) < 4.78 is 0. The fraction of sp³-hybridized carbons (Fsp3) is 0.300. The average molecular weight is 223 g/mol. The summed E-state index contributed by atoms with van der Waals surface area (Å²) in [6.45, 7) is 3.13. The average Bonchev–Trinajstić information content (AvgIpc) is 2.21. The van der Waals surface area contributed by atoms with Gasteiger partial charge >= 0.3 is 12.0 Å². The van der Waals surface area contributed by atoms with Gasteiger partial charge in [-0.15, -0.1) is 0 Å². The van der Waals surface area contributed by atoms with Gasteiger partial charge in [0.15, 0.2) is 0 Å². The Morgan fingerprint density at radius 1 is 1.50 bits per heavy atom. The lowest BCUT2D eigenvalue weighted by Gasteiger charge is -2.11. The van der Waals surface area contributed by atoms with Crippen molar-refractivity contribution in [3.8, 4) is 0 Å². The summed E-state index contributed by atoms with van der Waals surface area (Å²) in [5, 5.41) is 13.4. The predicted molar refractivity (Wildman–Crippen MR) is 58.2 cm³/mol. The first-order valence-corrected chi connectivity index (χ1v) is 4.72. The van der Waals surface area contributed by atoms with E-state index < -0.39 is 18.0 Å². The fourth-order valence-corrected chi connectivity index (χ4v) is 1.03. The Bertz CT molecular complexity index is 406. The number of anilines is 1. The molecule has 0 saturated heterocycles. The summed E-state index contributed by atoms with van der Waals surface area (Å²) in [6, 6.07) is 1.87. The monoisotopic (exact) mass is 223 g/mol. The number of hydrogen-bond acceptors (Lipinski definition) is 3. The summed E-state index contributed by atoms with van der Waals surface area (Å²) in [6.07, 6.45) is 1.61. The lowest BCUT2D eigenvalue weighted by atomic mass is 10.3. The Morgan fingerprint density at radius 3 is 2.75 bits per heavy atom. The Morgan fingerprint density at radius 2 is 2.19 bits per heavy atom. The number of nitrogens with zero attached hydrogens (tertiary/aromatic N) is 1. The zero-order chi connectivity index (χ0) is 12.1. The van der Waals surface area contributed by atoms with Gasteiger partial charge in [-0.2, -0.15) is 0 Å². The van der Waals surface area contributed by atoms with Crippen LogP contribution in [0.1, 0.15) is 12.6 Å². The molecular weight excluding hydrogens is 210 g/mol. The number of carboxylic acid groups (broad SMARTS) is 1. The van der Waals surface area contributed by atoms with Crippen LogP contribution >= 0.6 is 0 Å². The summed E-state index contributed by atoms with van der Waals surface area (Å²) in [5.41, 5.74) is 1.22. The molecule has 1 aromatic rings. The third-order valence-corrected chi connectivity index (χ3v) is 1.97. The van der Waals surface area contributed by atoms with Crippen LogP contribution in [0.5, 0.6) is 0 Å². The molecule has 0 fully saturated rings. The van der Waals surface area contributed by atoms with Gasteiger partial charge in [0.05, 0.1) is 11.4 Å². The van der Waals surface area contributed by atoms with Crippen LogP contribution in [-0.2, 0) is 4.79 Å². The zero-order valence-electron chi connectivity index (χ0n) is 9.02. The number of aliphatic carboxylic acids is 1. The maximum absolute atomic E-state index is 11.4. The Kier molecular flexibility index (Phi) is 3.82. The maximum atomic E-state index is 11.4. The summed E-state index contributed by atoms with van der Waals surface area (Å²) in [5.74, 6) is -1.09. The van der Waals surface area contributed by atoms with Gasteiger partial charge in [0.2, 0.25) is 0 Å². The van der Waals surface area contributed by atoms with Gasteiger partial charge in [0, 0.05) is 6.20 Å². The van der Waals surface area contributed by atoms with Crippen LogP contribution in [-0.4, -0.2) is 28.1 Å². The molecule has 86 valence electrons. The van der Waals surface area contributed by atoms with Gasteiger partial charge in [0.1, 0.15) is 6.04 Å². The molecule has 3 N–H and O–H groups in total. The minimum atomic E-state index is -1.09. The highest BCUT2D eigenvalue weighted by Gasteiger charge is 2.14. The van der Waals surface area contributed by atoms with Crippen molar-refractivity contribution < 1.29 is 14.7 Å². The number of hydrogen-bond donors (Lipinski definition) is 3. The zero-order valence-corrected chi connectivity index (χ0v) is 9.02. The molecule has 0 aromatic carbocycles. The van der Waals surface area contributed by atoms with Crippen LogP contribution in [0.4, 0.5) is 10.5 Å². The second-order valence-electron chi connectivity index (χ2n) is 3.29. The lowest BCUT2D eigenvalue weighted by Crippen LogP contribution is -2.40. The maximum Gasteiger partial charge on any atom is 0.325 e. The highest BCUT2D eigenvalue weighted by molar-refractivity contribution is 5.92. The van der Waals surface area contributed by atoms with Crippen molar-refractivity contribution in [2.75, 3.05) is 5.32 Å². The normalized spacial score (nSPS) is 11.6. The standard InChI is InChI=1S/C10H13N3O3/c1-6-8(4-3-5-11-6)13-10(16)12-7(2)9(14)15/h3-5,7H,1-2H3,(H,14,15)(H2,12,13,16)/t7-/m1/s1. The molecule has 1 aromatic heterocycles. The largest absolute Gasteiger partial charge is 0.480 e. The number of rotatable bonds is 3. The van der Waals surface area contributed by atoms with Gasteiger partial charge in [-0.3, -0.25) is 9.78 Å². The third-order valence-electron chi connectivity index (χ3n) is 1.97. The van der Waals surface area contributed by atoms with Crippen LogP contribution < -0.4 is 10.6 Å².